The van der Waals surface area contributed by atoms with Crippen LogP contribution in [0.1, 0.15) is 26.7 Å². The van der Waals surface area contributed by atoms with Gasteiger partial charge in [-0.3, -0.25) is 0 Å². The fourth-order valence-corrected chi connectivity index (χ4v) is 2.46. The minimum absolute atomic E-state index is 0.182. The van der Waals surface area contributed by atoms with Crippen LogP contribution in [0, 0.1) is 5.92 Å². The predicted molar refractivity (Wildman–Crippen MR) is 61.8 cm³/mol. The normalized spacial score (nSPS) is 28.5. The molecule has 3 heteroatoms. The summed E-state index contributed by atoms with van der Waals surface area (Å²) in [6, 6.07) is 0. The number of hydrogen-bond donors (Lipinski definition) is 0. The molecule has 1 aliphatic carbocycles. The molecule has 1 saturated heterocycles. The van der Waals surface area contributed by atoms with Crippen molar-refractivity contribution in [3.63, 3.8) is 0 Å². The number of rotatable bonds is 1. The first-order chi connectivity index (χ1) is 7.03. The predicted octanol–water partition coefficient (Wildman–Crippen LogP) is 1.96. The third-order valence-corrected chi connectivity index (χ3v) is 4.38. The Hall–Kier alpha value is -0.531. The Morgan fingerprint density at radius 3 is 2.93 bits per heavy atom. The van der Waals surface area contributed by atoms with Crippen LogP contribution in [0.3, 0.4) is 0 Å². The van der Waals surface area contributed by atoms with E-state index in [1.807, 2.05) is 6.08 Å². The third kappa shape index (κ3) is 2.04. The SMILES string of the molecule is COC1=CCC2CC(=[Se])C(C)(C)OC2=C1. The maximum atomic E-state index is 5.99. The van der Waals surface area contributed by atoms with Gasteiger partial charge in [-0.15, -0.1) is 0 Å². The van der Waals surface area contributed by atoms with Crippen LogP contribution >= 0.6 is 0 Å². The summed E-state index contributed by atoms with van der Waals surface area (Å²) in [7, 11) is 1.70. The molecule has 0 aromatic heterocycles. The molecule has 1 heterocycles. The van der Waals surface area contributed by atoms with Gasteiger partial charge in [0.2, 0.25) is 0 Å². The van der Waals surface area contributed by atoms with Gasteiger partial charge in [-0.1, -0.05) is 0 Å². The summed E-state index contributed by atoms with van der Waals surface area (Å²) >= 11 is 3.14. The second kappa shape index (κ2) is 3.80. The number of ether oxygens (including phenoxy) is 2. The monoisotopic (exact) mass is 272 g/mol. The molecule has 2 nitrogen and oxygen atoms in total. The van der Waals surface area contributed by atoms with Crippen molar-refractivity contribution < 1.29 is 9.47 Å². The minimum atomic E-state index is -0.182. The van der Waals surface area contributed by atoms with Crippen LogP contribution in [-0.2, 0) is 9.47 Å². The Morgan fingerprint density at radius 2 is 2.27 bits per heavy atom. The van der Waals surface area contributed by atoms with E-state index < -0.39 is 0 Å². The van der Waals surface area contributed by atoms with Crippen LogP contribution in [0.5, 0.6) is 0 Å². The molecule has 15 heavy (non-hydrogen) atoms. The number of hydrogen-bond acceptors (Lipinski definition) is 2. The molecule has 1 unspecified atom stereocenters. The molecule has 1 atom stereocenters. The molecule has 2 rings (SSSR count). The van der Waals surface area contributed by atoms with Gasteiger partial charge in [0, 0.05) is 0 Å². The van der Waals surface area contributed by atoms with Crippen LogP contribution in [-0.4, -0.2) is 32.7 Å². The summed E-state index contributed by atoms with van der Waals surface area (Å²) in [5.41, 5.74) is -0.182. The van der Waals surface area contributed by atoms with Gasteiger partial charge in [-0.2, -0.15) is 0 Å². The molecule has 0 radical (unpaired) electrons. The van der Waals surface area contributed by atoms with E-state index in [0.717, 1.165) is 24.4 Å². The van der Waals surface area contributed by atoms with Crippen molar-refractivity contribution in [2.24, 2.45) is 5.92 Å². The standard InChI is InChI=1S/C12H16O2Se/c1-12(2)11(15)6-8-4-5-9(13-3)7-10(8)14-12/h5,7-8H,4,6H2,1-3H3. The summed E-state index contributed by atoms with van der Waals surface area (Å²) in [5.74, 6) is 2.48. The first-order valence-corrected chi connectivity index (χ1v) is 6.06. The Bertz CT molecular complexity index is 353. The molecular formula is C12H16O2Se. The van der Waals surface area contributed by atoms with Gasteiger partial charge in [0.1, 0.15) is 0 Å². The van der Waals surface area contributed by atoms with Gasteiger partial charge in [0.25, 0.3) is 0 Å². The van der Waals surface area contributed by atoms with Gasteiger partial charge >= 0.3 is 98.5 Å². The Kier molecular flexibility index (Phi) is 2.78. The average molecular weight is 271 g/mol. The summed E-state index contributed by atoms with van der Waals surface area (Å²) in [5, 5.41) is 0. The van der Waals surface area contributed by atoms with Gasteiger partial charge in [-0.05, 0) is 0 Å². The van der Waals surface area contributed by atoms with Crippen LogP contribution in [0.25, 0.3) is 0 Å². The number of fused-ring (bicyclic) bond motifs is 1. The van der Waals surface area contributed by atoms with Gasteiger partial charge in [0.05, 0.1) is 0 Å². The average Bonchev–Trinajstić information content (AvgIpc) is 2.18. The maximum absolute atomic E-state index is 5.99. The van der Waals surface area contributed by atoms with Crippen molar-refractivity contribution in [3.05, 3.63) is 23.7 Å². The van der Waals surface area contributed by atoms with E-state index in [-0.39, 0.29) is 5.60 Å². The number of methoxy groups -OCH3 is 1. The summed E-state index contributed by atoms with van der Waals surface area (Å²) < 4.78 is 12.5. The van der Waals surface area contributed by atoms with Crippen molar-refractivity contribution in [2.45, 2.75) is 32.3 Å². The van der Waals surface area contributed by atoms with Gasteiger partial charge < -0.3 is 0 Å². The zero-order valence-corrected chi connectivity index (χ0v) is 11.1. The zero-order valence-electron chi connectivity index (χ0n) is 9.37. The van der Waals surface area contributed by atoms with Crippen molar-refractivity contribution >= 4 is 20.0 Å². The molecule has 82 valence electrons. The fourth-order valence-electron chi connectivity index (χ4n) is 1.95. The number of allylic oxidation sites excluding steroid dienone is 3. The van der Waals surface area contributed by atoms with E-state index in [2.05, 4.69) is 35.5 Å². The quantitative estimate of drug-likeness (QED) is 0.679. The van der Waals surface area contributed by atoms with E-state index >= 15 is 0 Å². The molecule has 0 aromatic rings. The van der Waals surface area contributed by atoms with Crippen molar-refractivity contribution in [3.8, 4) is 0 Å². The molecule has 0 spiro atoms. The third-order valence-electron chi connectivity index (χ3n) is 3.00. The van der Waals surface area contributed by atoms with Crippen molar-refractivity contribution in [1.29, 1.82) is 0 Å². The Morgan fingerprint density at radius 1 is 1.53 bits per heavy atom. The second-order valence-electron chi connectivity index (χ2n) is 4.53. The zero-order chi connectivity index (χ0) is 11.1. The molecule has 1 fully saturated rings. The Balaban J connectivity index is 2.24. The molecule has 0 amide bonds. The molecular weight excluding hydrogens is 255 g/mol. The van der Waals surface area contributed by atoms with E-state index in [1.165, 1.54) is 4.42 Å². The molecule has 0 saturated carbocycles. The van der Waals surface area contributed by atoms with E-state index in [4.69, 9.17) is 9.47 Å². The second-order valence-corrected chi connectivity index (χ2v) is 5.56. The molecule has 1 aliphatic heterocycles. The first kappa shape index (κ1) is 11.0. The summed E-state index contributed by atoms with van der Waals surface area (Å²) in [6.45, 7) is 4.20. The van der Waals surface area contributed by atoms with Crippen LogP contribution in [0.2, 0.25) is 0 Å². The van der Waals surface area contributed by atoms with Crippen LogP contribution < -0.4 is 0 Å². The molecule has 2 aliphatic rings. The topological polar surface area (TPSA) is 18.5 Å². The fraction of sp³-hybridized carbons (Fsp3) is 0.583. The molecule has 0 N–H and O–H groups in total. The van der Waals surface area contributed by atoms with Gasteiger partial charge in [0.15, 0.2) is 0 Å². The van der Waals surface area contributed by atoms with Crippen molar-refractivity contribution in [1.82, 2.24) is 0 Å². The van der Waals surface area contributed by atoms with E-state index in [9.17, 15) is 0 Å². The first-order valence-electron chi connectivity index (χ1n) is 5.21. The molecule has 0 bridgehead atoms. The molecule has 0 aromatic carbocycles. The van der Waals surface area contributed by atoms with Crippen LogP contribution in [0.4, 0.5) is 0 Å². The Labute approximate surface area is 98.7 Å². The summed E-state index contributed by atoms with van der Waals surface area (Å²) in [4.78, 5) is 0. The van der Waals surface area contributed by atoms with Crippen molar-refractivity contribution in [2.75, 3.05) is 7.11 Å². The summed E-state index contributed by atoms with van der Waals surface area (Å²) in [6.07, 6.45) is 6.23. The van der Waals surface area contributed by atoms with E-state index in [0.29, 0.717) is 5.92 Å². The van der Waals surface area contributed by atoms with Gasteiger partial charge in [-0.25, -0.2) is 0 Å². The van der Waals surface area contributed by atoms with E-state index in [1.54, 1.807) is 7.11 Å². The van der Waals surface area contributed by atoms with Crippen LogP contribution in [0.15, 0.2) is 23.7 Å².